The number of aliphatic carboxylic acids is 1. The van der Waals surface area contributed by atoms with Gasteiger partial charge in [-0.05, 0) is 12.5 Å². The summed E-state index contributed by atoms with van der Waals surface area (Å²) in [6.45, 7) is 3.87. The zero-order valence-electron chi connectivity index (χ0n) is 12.0. The summed E-state index contributed by atoms with van der Waals surface area (Å²) in [5.41, 5.74) is 1.18. The van der Waals surface area contributed by atoms with Crippen LogP contribution in [0.15, 0.2) is 30.3 Å². The third kappa shape index (κ3) is 4.54. The van der Waals surface area contributed by atoms with E-state index in [1.165, 1.54) is 12.5 Å². The number of carboxylic acid groups (broad SMARTS) is 1. The minimum absolute atomic E-state index is 0.373. The molecule has 1 aromatic carbocycles. The highest BCUT2D eigenvalue weighted by molar-refractivity contribution is 5.86. The number of rotatable bonds is 5. The van der Waals surface area contributed by atoms with Gasteiger partial charge >= 0.3 is 5.97 Å². The fourth-order valence-corrected chi connectivity index (χ4v) is 2.21. The minimum Gasteiger partial charge on any atom is -0.480 e. The molecule has 114 valence electrons. The first-order valence-corrected chi connectivity index (χ1v) is 6.97. The van der Waals surface area contributed by atoms with Crippen LogP contribution in [-0.4, -0.2) is 53.7 Å². The van der Waals surface area contributed by atoms with Crippen LogP contribution >= 0.6 is 0 Å². The lowest BCUT2D eigenvalue weighted by atomic mass is 10.2. The summed E-state index contributed by atoms with van der Waals surface area (Å²) in [6, 6.07) is 9.09. The molecule has 0 aliphatic carbocycles. The lowest BCUT2D eigenvalue weighted by Gasteiger charge is -2.32. The van der Waals surface area contributed by atoms with Gasteiger partial charge in [0.15, 0.2) is 0 Å². The standard InChI is InChI=1S/C15H20N2O4/c1-11(15(19)20)16-14(18)13-10-17(7-8-21-13)9-12-5-3-2-4-6-12/h2-6,11,13H,7-10H2,1H3,(H,16,18)(H,19,20)/t11-,13?/m0/s1. The summed E-state index contributed by atoms with van der Waals surface area (Å²) in [7, 11) is 0. The maximum atomic E-state index is 12.0. The Labute approximate surface area is 123 Å². The maximum Gasteiger partial charge on any atom is 0.325 e. The molecule has 1 saturated heterocycles. The predicted molar refractivity (Wildman–Crippen MR) is 76.7 cm³/mol. The number of nitrogens with one attached hydrogen (secondary N) is 1. The van der Waals surface area contributed by atoms with Gasteiger partial charge in [-0.25, -0.2) is 0 Å². The molecule has 6 heteroatoms. The normalized spacial score (nSPS) is 20.7. The van der Waals surface area contributed by atoms with E-state index in [9.17, 15) is 9.59 Å². The summed E-state index contributed by atoms with van der Waals surface area (Å²) in [5, 5.41) is 11.3. The van der Waals surface area contributed by atoms with E-state index >= 15 is 0 Å². The number of nitrogens with zero attached hydrogens (tertiary/aromatic N) is 1. The smallest absolute Gasteiger partial charge is 0.325 e. The van der Waals surface area contributed by atoms with Gasteiger partial charge in [0.05, 0.1) is 6.61 Å². The number of benzene rings is 1. The maximum absolute atomic E-state index is 12.0. The molecule has 1 unspecified atom stereocenters. The lowest BCUT2D eigenvalue weighted by molar-refractivity contribution is -0.146. The quantitative estimate of drug-likeness (QED) is 0.825. The molecule has 0 radical (unpaired) electrons. The molecule has 1 aliphatic rings. The molecular formula is C15H20N2O4. The summed E-state index contributed by atoms with van der Waals surface area (Å²) >= 11 is 0. The number of hydrogen-bond acceptors (Lipinski definition) is 4. The Morgan fingerprint density at radius 1 is 1.43 bits per heavy atom. The van der Waals surface area contributed by atoms with E-state index in [0.717, 1.165) is 13.1 Å². The summed E-state index contributed by atoms with van der Waals surface area (Å²) in [5.74, 6) is -1.43. The zero-order chi connectivity index (χ0) is 15.2. The van der Waals surface area contributed by atoms with Crippen molar-refractivity contribution in [2.24, 2.45) is 0 Å². The average Bonchev–Trinajstić information content (AvgIpc) is 2.48. The van der Waals surface area contributed by atoms with Crippen LogP contribution in [0.2, 0.25) is 0 Å². The molecule has 1 aliphatic heterocycles. The zero-order valence-corrected chi connectivity index (χ0v) is 12.0. The first kappa shape index (κ1) is 15.5. The second kappa shape index (κ2) is 7.19. The number of carbonyl (C=O) groups excluding carboxylic acids is 1. The molecule has 0 bridgehead atoms. The summed E-state index contributed by atoms with van der Waals surface area (Å²) in [4.78, 5) is 24.9. The highest BCUT2D eigenvalue weighted by atomic mass is 16.5. The van der Waals surface area contributed by atoms with E-state index in [2.05, 4.69) is 10.2 Å². The number of amides is 1. The molecule has 2 rings (SSSR count). The van der Waals surface area contributed by atoms with Gasteiger partial charge in [-0.2, -0.15) is 0 Å². The van der Waals surface area contributed by atoms with Gasteiger partial charge in [0, 0.05) is 19.6 Å². The van der Waals surface area contributed by atoms with Gasteiger partial charge in [-0.3, -0.25) is 14.5 Å². The van der Waals surface area contributed by atoms with Crippen molar-refractivity contribution in [3.63, 3.8) is 0 Å². The monoisotopic (exact) mass is 292 g/mol. The Morgan fingerprint density at radius 3 is 2.81 bits per heavy atom. The fraction of sp³-hybridized carbons (Fsp3) is 0.467. The van der Waals surface area contributed by atoms with Crippen molar-refractivity contribution in [1.82, 2.24) is 10.2 Å². The van der Waals surface area contributed by atoms with Crippen LogP contribution in [0, 0.1) is 0 Å². The van der Waals surface area contributed by atoms with Gasteiger partial charge in [0.2, 0.25) is 0 Å². The van der Waals surface area contributed by atoms with E-state index in [-0.39, 0.29) is 5.91 Å². The fourth-order valence-electron chi connectivity index (χ4n) is 2.21. The van der Waals surface area contributed by atoms with Crippen molar-refractivity contribution < 1.29 is 19.4 Å². The van der Waals surface area contributed by atoms with Crippen LogP contribution in [0.1, 0.15) is 12.5 Å². The van der Waals surface area contributed by atoms with Gasteiger partial charge in [-0.1, -0.05) is 30.3 Å². The molecule has 0 saturated carbocycles. The Morgan fingerprint density at radius 2 is 2.14 bits per heavy atom. The largest absolute Gasteiger partial charge is 0.480 e. The van der Waals surface area contributed by atoms with Gasteiger partial charge in [-0.15, -0.1) is 0 Å². The third-order valence-corrected chi connectivity index (χ3v) is 3.42. The average molecular weight is 292 g/mol. The molecule has 0 aromatic heterocycles. The second-order valence-electron chi connectivity index (χ2n) is 5.15. The van der Waals surface area contributed by atoms with Crippen molar-refractivity contribution >= 4 is 11.9 Å². The molecule has 1 aromatic rings. The van der Waals surface area contributed by atoms with Crippen molar-refractivity contribution in [3.8, 4) is 0 Å². The minimum atomic E-state index is -1.06. The molecule has 6 nitrogen and oxygen atoms in total. The molecule has 1 heterocycles. The van der Waals surface area contributed by atoms with Crippen LogP contribution in [-0.2, 0) is 20.9 Å². The van der Waals surface area contributed by atoms with Crippen LogP contribution in [0.4, 0.5) is 0 Å². The van der Waals surface area contributed by atoms with Gasteiger partial charge < -0.3 is 15.2 Å². The van der Waals surface area contributed by atoms with Crippen LogP contribution in [0.25, 0.3) is 0 Å². The van der Waals surface area contributed by atoms with Gasteiger partial charge in [0.25, 0.3) is 5.91 Å². The predicted octanol–water partition coefficient (Wildman–Crippen LogP) is 0.477. The number of hydrogen-bond donors (Lipinski definition) is 2. The van der Waals surface area contributed by atoms with Crippen LogP contribution in [0.5, 0.6) is 0 Å². The number of ether oxygens (including phenoxy) is 1. The number of carbonyl (C=O) groups is 2. The van der Waals surface area contributed by atoms with E-state index in [4.69, 9.17) is 9.84 Å². The molecule has 21 heavy (non-hydrogen) atoms. The first-order chi connectivity index (χ1) is 10.1. The Bertz CT molecular complexity index is 492. The Balaban J connectivity index is 1.88. The van der Waals surface area contributed by atoms with Crippen LogP contribution in [0.3, 0.4) is 0 Å². The summed E-state index contributed by atoms with van der Waals surface area (Å²) in [6.07, 6.45) is -0.621. The lowest BCUT2D eigenvalue weighted by Crippen LogP contribution is -2.52. The van der Waals surface area contributed by atoms with Gasteiger partial charge in [0.1, 0.15) is 12.1 Å². The van der Waals surface area contributed by atoms with E-state index in [1.54, 1.807) is 0 Å². The molecule has 1 fully saturated rings. The number of carboxylic acids is 1. The molecule has 0 spiro atoms. The topological polar surface area (TPSA) is 78.9 Å². The molecule has 2 atom stereocenters. The Kier molecular flexibility index (Phi) is 5.30. The van der Waals surface area contributed by atoms with Crippen molar-refractivity contribution in [2.45, 2.75) is 25.6 Å². The van der Waals surface area contributed by atoms with Crippen molar-refractivity contribution in [1.29, 1.82) is 0 Å². The molecule has 1 amide bonds. The third-order valence-electron chi connectivity index (χ3n) is 3.42. The molecular weight excluding hydrogens is 272 g/mol. The molecule has 2 N–H and O–H groups in total. The highest BCUT2D eigenvalue weighted by Crippen LogP contribution is 2.10. The summed E-state index contributed by atoms with van der Waals surface area (Å²) < 4.78 is 5.44. The van der Waals surface area contributed by atoms with E-state index in [1.807, 2.05) is 30.3 Å². The Hall–Kier alpha value is -1.92. The number of morpholine rings is 1. The van der Waals surface area contributed by atoms with E-state index in [0.29, 0.717) is 13.2 Å². The highest BCUT2D eigenvalue weighted by Gasteiger charge is 2.28. The second-order valence-corrected chi connectivity index (χ2v) is 5.15. The van der Waals surface area contributed by atoms with Crippen molar-refractivity contribution in [3.05, 3.63) is 35.9 Å². The first-order valence-electron chi connectivity index (χ1n) is 6.97. The van der Waals surface area contributed by atoms with Crippen LogP contribution < -0.4 is 5.32 Å². The SMILES string of the molecule is C[C@H](NC(=O)C1CN(Cc2ccccc2)CCO1)C(=O)O. The van der Waals surface area contributed by atoms with Crippen molar-refractivity contribution in [2.75, 3.05) is 19.7 Å². The van der Waals surface area contributed by atoms with E-state index < -0.39 is 18.1 Å².